The van der Waals surface area contributed by atoms with Crippen LogP contribution in [-0.2, 0) is 16.0 Å². The summed E-state index contributed by atoms with van der Waals surface area (Å²) in [6, 6.07) is -1.98. The fourth-order valence-electron chi connectivity index (χ4n) is 1.27. The summed E-state index contributed by atoms with van der Waals surface area (Å²) in [7, 11) is 0. The molecule has 8 nitrogen and oxygen atoms in total. The van der Waals surface area contributed by atoms with Gasteiger partial charge in [-0.2, -0.15) is 0 Å². The highest BCUT2D eigenvalue weighted by atomic mass is 32.1. The Morgan fingerprint density at radius 3 is 2.74 bits per heavy atom. The van der Waals surface area contributed by atoms with Crippen LogP contribution >= 0.6 is 11.3 Å². The molecule has 1 heterocycles. The molecule has 1 atom stereocenters. The third-order valence-corrected chi connectivity index (χ3v) is 2.96. The fraction of sp³-hybridized carbons (Fsp3) is 0.400. The highest BCUT2D eigenvalue weighted by Crippen LogP contribution is 2.03. The normalized spacial score (nSPS) is 11.6. The second kappa shape index (κ2) is 7.31. The van der Waals surface area contributed by atoms with Gasteiger partial charge in [-0.3, -0.25) is 4.79 Å². The lowest BCUT2D eigenvalue weighted by molar-refractivity contribution is -0.140. The minimum Gasteiger partial charge on any atom is -0.480 e. The molecule has 0 aliphatic heterocycles. The molecule has 1 aromatic rings. The number of hydrogen-bond donors (Lipinski definition) is 4. The molecule has 1 unspecified atom stereocenters. The summed E-state index contributed by atoms with van der Waals surface area (Å²) in [5.41, 5.74) is 4.89. The van der Waals surface area contributed by atoms with Crippen molar-refractivity contribution in [3.05, 3.63) is 16.6 Å². The molecule has 9 heteroatoms. The van der Waals surface area contributed by atoms with Crippen LogP contribution in [0.5, 0.6) is 0 Å². The van der Waals surface area contributed by atoms with Crippen LogP contribution < -0.4 is 16.4 Å². The van der Waals surface area contributed by atoms with Crippen LogP contribution in [-0.4, -0.2) is 40.6 Å². The average Bonchev–Trinajstić information content (AvgIpc) is 2.80. The quantitative estimate of drug-likeness (QED) is 0.526. The number of nitrogens with zero attached hydrogens (tertiary/aromatic N) is 1. The minimum atomic E-state index is -1.32. The molecule has 0 saturated carbocycles. The van der Waals surface area contributed by atoms with E-state index in [9.17, 15) is 14.4 Å². The van der Waals surface area contributed by atoms with Crippen LogP contribution in [0.4, 0.5) is 4.79 Å². The number of carboxylic acids is 1. The first kappa shape index (κ1) is 14.9. The van der Waals surface area contributed by atoms with Crippen molar-refractivity contribution in [2.24, 2.45) is 5.73 Å². The van der Waals surface area contributed by atoms with Crippen LogP contribution in [0.2, 0.25) is 0 Å². The molecule has 0 aliphatic rings. The number of thiazole rings is 1. The van der Waals surface area contributed by atoms with Gasteiger partial charge < -0.3 is 21.5 Å². The Morgan fingerprint density at radius 1 is 1.47 bits per heavy atom. The largest absolute Gasteiger partial charge is 0.480 e. The highest BCUT2D eigenvalue weighted by Gasteiger charge is 2.21. The molecule has 104 valence electrons. The number of carbonyl (C=O) groups excluding carboxylic acids is 2. The van der Waals surface area contributed by atoms with Crippen LogP contribution in [0.3, 0.4) is 0 Å². The van der Waals surface area contributed by atoms with Gasteiger partial charge in [0.05, 0.1) is 11.4 Å². The van der Waals surface area contributed by atoms with E-state index in [1.165, 1.54) is 11.3 Å². The third kappa shape index (κ3) is 5.82. The Bertz CT molecular complexity index is 448. The molecule has 0 fully saturated rings. The highest BCUT2D eigenvalue weighted by molar-refractivity contribution is 7.09. The second-order valence-electron chi connectivity index (χ2n) is 3.64. The first-order chi connectivity index (χ1) is 8.99. The van der Waals surface area contributed by atoms with Gasteiger partial charge in [-0.1, -0.05) is 0 Å². The lowest BCUT2D eigenvalue weighted by Gasteiger charge is -2.13. The number of hydrogen-bond acceptors (Lipinski definition) is 5. The van der Waals surface area contributed by atoms with Gasteiger partial charge in [-0.25, -0.2) is 14.6 Å². The summed E-state index contributed by atoms with van der Waals surface area (Å²) in [5.74, 6) is -2.11. The summed E-state index contributed by atoms with van der Waals surface area (Å²) in [6.45, 7) is 0.322. The molecule has 19 heavy (non-hydrogen) atoms. The zero-order chi connectivity index (χ0) is 14.3. The van der Waals surface area contributed by atoms with Crippen molar-refractivity contribution >= 4 is 29.2 Å². The predicted octanol–water partition coefficient (Wildman–Crippen LogP) is -0.687. The maximum atomic E-state index is 11.4. The Balaban J connectivity index is 2.32. The van der Waals surface area contributed by atoms with Crippen LogP contribution in [0.15, 0.2) is 11.6 Å². The van der Waals surface area contributed by atoms with E-state index < -0.39 is 30.4 Å². The number of carboxylic acid groups (broad SMARTS) is 1. The van der Waals surface area contributed by atoms with E-state index >= 15 is 0 Å². The van der Waals surface area contributed by atoms with Crippen molar-refractivity contribution < 1.29 is 19.5 Å². The summed E-state index contributed by atoms with van der Waals surface area (Å²) in [5, 5.41) is 16.1. The van der Waals surface area contributed by atoms with Gasteiger partial charge in [0, 0.05) is 24.5 Å². The van der Waals surface area contributed by atoms with Crippen molar-refractivity contribution in [1.82, 2.24) is 15.6 Å². The Morgan fingerprint density at radius 2 is 2.21 bits per heavy atom. The minimum absolute atomic E-state index is 0.322. The Hall–Kier alpha value is -2.16. The van der Waals surface area contributed by atoms with E-state index in [1.54, 1.807) is 6.20 Å². The number of rotatable bonds is 7. The lowest BCUT2D eigenvalue weighted by atomic mass is 10.2. The van der Waals surface area contributed by atoms with Crippen LogP contribution in [0.1, 0.15) is 11.4 Å². The summed E-state index contributed by atoms with van der Waals surface area (Å²) >= 11 is 1.46. The standard InChI is InChI=1S/C10H14N4O4S/c11-7(15)5-6(9(16)17)14-10(18)13-2-1-8-12-3-4-19-8/h3-4,6H,1-2,5H2,(H2,11,15)(H,16,17)(H2,13,14,18). The van der Waals surface area contributed by atoms with Crippen molar-refractivity contribution in [3.63, 3.8) is 0 Å². The SMILES string of the molecule is NC(=O)CC(NC(=O)NCCc1nccs1)C(=O)O. The van der Waals surface area contributed by atoms with Crippen molar-refractivity contribution in [3.8, 4) is 0 Å². The molecular weight excluding hydrogens is 272 g/mol. The van der Waals surface area contributed by atoms with Crippen molar-refractivity contribution in [2.45, 2.75) is 18.9 Å². The van der Waals surface area contributed by atoms with E-state index in [2.05, 4.69) is 15.6 Å². The van der Waals surface area contributed by atoms with Gasteiger partial charge in [-0.05, 0) is 0 Å². The number of carbonyl (C=O) groups is 3. The van der Waals surface area contributed by atoms with Gasteiger partial charge in [0.1, 0.15) is 6.04 Å². The number of amides is 3. The fourth-order valence-corrected chi connectivity index (χ4v) is 1.89. The number of aromatic nitrogens is 1. The zero-order valence-corrected chi connectivity index (χ0v) is 10.8. The number of primary amides is 1. The monoisotopic (exact) mass is 286 g/mol. The number of nitrogens with two attached hydrogens (primary N) is 1. The molecule has 3 amide bonds. The summed E-state index contributed by atoms with van der Waals surface area (Å²) in [6.07, 6.45) is 1.77. The number of urea groups is 1. The van der Waals surface area contributed by atoms with E-state index in [0.29, 0.717) is 13.0 Å². The molecule has 5 N–H and O–H groups in total. The summed E-state index contributed by atoms with van der Waals surface area (Å²) in [4.78, 5) is 36.9. The Labute approximate surface area is 113 Å². The van der Waals surface area contributed by atoms with Gasteiger partial charge in [0.25, 0.3) is 0 Å². The van der Waals surface area contributed by atoms with E-state index in [-0.39, 0.29) is 0 Å². The molecule has 0 aromatic carbocycles. The molecular formula is C10H14N4O4S. The van der Waals surface area contributed by atoms with E-state index in [1.807, 2.05) is 5.38 Å². The first-order valence-electron chi connectivity index (χ1n) is 5.43. The molecule has 0 aliphatic carbocycles. The van der Waals surface area contributed by atoms with E-state index in [0.717, 1.165) is 5.01 Å². The average molecular weight is 286 g/mol. The van der Waals surface area contributed by atoms with Gasteiger partial charge in [0.15, 0.2) is 0 Å². The zero-order valence-electron chi connectivity index (χ0n) is 9.96. The maximum Gasteiger partial charge on any atom is 0.326 e. The maximum absolute atomic E-state index is 11.4. The molecule has 0 saturated heterocycles. The Kier molecular flexibility index (Phi) is 5.73. The van der Waals surface area contributed by atoms with Crippen LogP contribution in [0, 0.1) is 0 Å². The summed E-state index contributed by atoms with van der Waals surface area (Å²) < 4.78 is 0. The van der Waals surface area contributed by atoms with Crippen LogP contribution in [0.25, 0.3) is 0 Å². The lowest BCUT2D eigenvalue weighted by Crippen LogP contribution is -2.48. The predicted molar refractivity (Wildman–Crippen MR) is 67.6 cm³/mol. The smallest absolute Gasteiger partial charge is 0.326 e. The van der Waals surface area contributed by atoms with Crippen molar-refractivity contribution in [2.75, 3.05) is 6.54 Å². The molecule has 0 spiro atoms. The van der Waals surface area contributed by atoms with Gasteiger partial charge >= 0.3 is 12.0 Å². The molecule has 1 rings (SSSR count). The van der Waals surface area contributed by atoms with Gasteiger partial charge in [0.2, 0.25) is 5.91 Å². The topological polar surface area (TPSA) is 134 Å². The van der Waals surface area contributed by atoms with Crippen molar-refractivity contribution in [1.29, 1.82) is 0 Å². The van der Waals surface area contributed by atoms with E-state index in [4.69, 9.17) is 10.8 Å². The number of nitrogens with one attached hydrogen (secondary N) is 2. The molecule has 1 aromatic heterocycles. The first-order valence-corrected chi connectivity index (χ1v) is 6.31. The second-order valence-corrected chi connectivity index (χ2v) is 4.62. The number of aliphatic carboxylic acids is 1. The third-order valence-electron chi connectivity index (χ3n) is 2.12. The molecule has 0 radical (unpaired) electrons. The molecule has 0 bridgehead atoms. The van der Waals surface area contributed by atoms with Gasteiger partial charge in [-0.15, -0.1) is 11.3 Å².